The van der Waals surface area contributed by atoms with Gasteiger partial charge in [0.2, 0.25) is 5.82 Å². The maximum atomic E-state index is 12.9. The topological polar surface area (TPSA) is 102 Å². The fraction of sp³-hybridized carbons (Fsp3) is 0.250. The van der Waals surface area contributed by atoms with E-state index in [0.717, 1.165) is 11.1 Å². The Balaban J connectivity index is 1.57. The van der Waals surface area contributed by atoms with Crippen molar-refractivity contribution in [2.24, 2.45) is 5.92 Å². The van der Waals surface area contributed by atoms with Crippen LogP contribution in [0.15, 0.2) is 48.5 Å². The number of aromatic nitrogens is 4. The third-order valence-electron chi connectivity index (χ3n) is 4.67. The monoisotopic (exact) mass is 376 g/mol. The van der Waals surface area contributed by atoms with Gasteiger partial charge in [-0.25, -0.2) is 0 Å². The second-order valence-electron chi connectivity index (χ2n) is 7.03. The van der Waals surface area contributed by atoms with Gasteiger partial charge in [-0.05, 0) is 28.8 Å². The first-order valence-electron chi connectivity index (χ1n) is 9.10. The summed E-state index contributed by atoms with van der Waals surface area (Å²) in [5, 5.41) is 18.2. The Morgan fingerprint density at radius 1 is 1.18 bits per heavy atom. The van der Waals surface area contributed by atoms with Crippen molar-refractivity contribution in [3.05, 3.63) is 59.7 Å². The fourth-order valence-electron chi connectivity index (χ4n) is 3.23. The predicted octanol–water partition coefficient (Wildman–Crippen LogP) is 2.42. The van der Waals surface area contributed by atoms with Gasteiger partial charge in [0.25, 0.3) is 11.8 Å². The van der Waals surface area contributed by atoms with Crippen molar-refractivity contribution in [2.45, 2.75) is 26.4 Å². The minimum absolute atomic E-state index is 0.0597. The summed E-state index contributed by atoms with van der Waals surface area (Å²) < 4.78 is 0. The first-order chi connectivity index (χ1) is 13.5. The molecule has 142 valence electrons. The van der Waals surface area contributed by atoms with E-state index in [1.54, 1.807) is 12.1 Å². The highest BCUT2D eigenvalue weighted by Gasteiger charge is 2.28. The summed E-state index contributed by atoms with van der Waals surface area (Å²) in [5.41, 5.74) is 2.91. The SMILES string of the molecule is CC(C)C(C(=O)Nc1ccc2c(c1)C(=O)NC2)n1nnc(-c2ccccc2)n1. The largest absolute Gasteiger partial charge is 0.348 e. The van der Waals surface area contributed by atoms with E-state index in [-0.39, 0.29) is 17.7 Å². The fourth-order valence-corrected chi connectivity index (χ4v) is 3.23. The number of anilines is 1. The summed E-state index contributed by atoms with van der Waals surface area (Å²) >= 11 is 0. The van der Waals surface area contributed by atoms with Crippen molar-refractivity contribution >= 4 is 17.5 Å². The highest BCUT2D eigenvalue weighted by Crippen LogP contribution is 2.23. The van der Waals surface area contributed by atoms with Gasteiger partial charge in [0.1, 0.15) is 0 Å². The van der Waals surface area contributed by atoms with Gasteiger partial charge in [0.15, 0.2) is 6.04 Å². The number of nitrogens with zero attached hydrogens (tertiary/aromatic N) is 4. The zero-order valence-electron chi connectivity index (χ0n) is 15.6. The van der Waals surface area contributed by atoms with Crippen molar-refractivity contribution in [1.82, 2.24) is 25.5 Å². The number of amides is 2. The molecular formula is C20H20N6O2. The summed E-state index contributed by atoms with van der Waals surface area (Å²) in [6.07, 6.45) is 0. The molecule has 28 heavy (non-hydrogen) atoms. The summed E-state index contributed by atoms with van der Waals surface area (Å²) in [6, 6.07) is 14.2. The molecule has 0 aliphatic carbocycles. The van der Waals surface area contributed by atoms with Crippen LogP contribution in [0.1, 0.15) is 35.8 Å². The van der Waals surface area contributed by atoms with E-state index in [0.29, 0.717) is 23.6 Å². The molecule has 3 aromatic rings. The molecule has 8 nitrogen and oxygen atoms in total. The van der Waals surface area contributed by atoms with Crippen LogP contribution in [-0.4, -0.2) is 32.0 Å². The zero-order chi connectivity index (χ0) is 19.7. The molecule has 1 aliphatic rings. The molecule has 0 saturated heterocycles. The van der Waals surface area contributed by atoms with Crippen LogP contribution in [0.4, 0.5) is 5.69 Å². The molecule has 1 aliphatic heterocycles. The number of carbonyl (C=O) groups excluding carboxylic acids is 2. The van der Waals surface area contributed by atoms with Crippen LogP contribution < -0.4 is 10.6 Å². The Morgan fingerprint density at radius 2 is 1.96 bits per heavy atom. The molecule has 2 amide bonds. The van der Waals surface area contributed by atoms with Crippen LogP contribution in [0.5, 0.6) is 0 Å². The van der Waals surface area contributed by atoms with Crippen molar-refractivity contribution < 1.29 is 9.59 Å². The molecule has 2 N–H and O–H groups in total. The number of nitrogens with one attached hydrogen (secondary N) is 2. The minimum Gasteiger partial charge on any atom is -0.348 e. The summed E-state index contributed by atoms with van der Waals surface area (Å²) in [4.78, 5) is 26.1. The number of tetrazole rings is 1. The van der Waals surface area contributed by atoms with Crippen molar-refractivity contribution in [1.29, 1.82) is 0 Å². The standard InChI is InChI=1S/C20H20N6O2/c1-12(2)17(26-24-18(23-25-26)13-6-4-3-5-7-13)20(28)22-15-9-8-14-11-21-19(27)16(14)10-15/h3-10,12,17H,11H2,1-2H3,(H,21,27)(H,22,28). The molecular weight excluding hydrogens is 356 g/mol. The Kier molecular flexibility index (Phi) is 4.60. The minimum atomic E-state index is -0.632. The maximum Gasteiger partial charge on any atom is 0.251 e. The van der Waals surface area contributed by atoms with Gasteiger partial charge in [-0.15, -0.1) is 10.2 Å². The Bertz CT molecular complexity index is 1030. The molecule has 0 saturated carbocycles. The molecule has 0 fully saturated rings. The van der Waals surface area contributed by atoms with Gasteiger partial charge in [0, 0.05) is 23.4 Å². The summed E-state index contributed by atoms with van der Waals surface area (Å²) in [6.45, 7) is 4.36. The highest BCUT2D eigenvalue weighted by molar-refractivity contribution is 6.01. The number of hydrogen-bond donors (Lipinski definition) is 2. The maximum absolute atomic E-state index is 12.9. The van der Waals surface area contributed by atoms with Crippen LogP contribution in [0.25, 0.3) is 11.4 Å². The molecule has 0 bridgehead atoms. The number of benzene rings is 2. The van der Waals surface area contributed by atoms with E-state index in [1.807, 2.05) is 50.2 Å². The molecule has 1 unspecified atom stereocenters. The molecule has 4 rings (SSSR count). The van der Waals surface area contributed by atoms with Gasteiger partial charge < -0.3 is 10.6 Å². The molecule has 1 atom stereocenters. The molecule has 0 spiro atoms. The van der Waals surface area contributed by atoms with Crippen molar-refractivity contribution in [3.8, 4) is 11.4 Å². The van der Waals surface area contributed by atoms with Gasteiger partial charge >= 0.3 is 0 Å². The van der Waals surface area contributed by atoms with Crippen LogP contribution in [0, 0.1) is 5.92 Å². The third kappa shape index (κ3) is 3.36. The van der Waals surface area contributed by atoms with E-state index >= 15 is 0 Å². The van der Waals surface area contributed by atoms with Crippen LogP contribution in [0.3, 0.4) is 0 Å². The van der Waals surface area contributed by atoms with Gasteiger partial charge in [-0.2, -0.15) is 4.80 Å². The number of hydrogen-bond acceptors (Lipinski definition) is 5. The van der Waals surface area contributed by atoms with Crippen LogP contribution in [0.2, 0.25) is 0 Å². The second kappa shape index (κ2) is 7.22. The Hall–Kier alpha value is -3.55. The second-order valence-corrected chi connectivity index (χ2v) is 7.03. The van der Waals surface area contributed by atoms with E-state index < -0.39 is 6.04 Å². The predicted molar refractivity (Wildman–Crippen MR) is 103 cm³/mol. The van der Waals surface area contributed by atoms with Crippen molar-refractivity contribution in [3.63, 3.8) is 0 Å². The van der Waals surface area contributed by atoms with Crippen molar-refractivity contribution in [2.75, 3.05) is 5.32 Å². The molecule has 2 aromatic carbocycles. The number of rotatable bonds is 5. The van der Waals surface area contributed by atoms with E-state index in [2.05, 4.69) is 26.0 Å². The normalized spacial score (nSPS) is 13.9. The lowest BCUT2D eigenvalue weighted by Gasteiger charge is -2.19. The van der Waals surface area contributed by atoms with Crippen LogP contribution >= 0.6 is 0 Å². The average molecular weight is 376 g/mol. The van der Waals surface area contributed by atoms with Gasteiger partial charge in [0.05, 0.1) is 0 Å². The average Bonchev–Trinajstić information content (AvgIpc) is 3.30. The van der Waals surface area contributed by atoms with E-state index in [1.165, 1.54) is 4.80 Å². The van der Waals surface area contributed by atoms with Crippen LogP contribution in [-0.2, 0) is 11.3 Å². The highest BCUT2D eigenvalue weighted by atomic mass is 16.2. The molecule has 1 aromatic heterocycles. The lowest BCUT2D eigenvalue weighted by Crippen LogP contribution is -2.31. The van der Waals surface area contributed by atoms with Gasteiger partial charge in [-0.1, -0.05) is 50.2 Å². The lowest BCUT2D eigenvalue weighted by molar-refractivity contribution is -0.121. The molecule has 2 heterocycles. The zero-order valence-corrected chi connectivity index (χ0v) is 15.6. The Labute approximate surface area is 162 Å². The summed E-state index contributed by atoms with van der Waals surface area (Å²) in [7, 11) is 0. The Morgan fingerprint density at radius 3 is 2.71 bits per heavy atom. The third-order valence-corrected chi connectivity index (χ3v) is 4.67. The molecule has 8 heteroatoms. The first-order valence-corrected chi connectivity index (χ1v) is 9.10. The number of fused-ring (bicyclic) bond motifs is 1. The molecule has 0 radical (unpaired) electrons. The lowest BCUT2D eigenvalue weighted by atomic mass is 10.0. The first kappa shape index (κ1) is 17.8. The van der Waals surface area contributed by atoms with E-state index in [4.69, 9.17) is 0 Å². The van der Waals surface area contributed by atoms with E-state index in [9.17, 15) is 9.59 Å². The number of carbonyl (C=O) groups is 2. The van der Waals surface area contributed by atoms with Gasteiger partial charge in [-0.3, -0.25) is 9.59 Å². The summed E-state index contributed by atoms with van der Waals surface area (Å²) in [5.74, 6) is 0.0196. The smallest absolute Gasteiger partial charge is 0.251 e. The quantitative estimate of drug-likeness (QED) is 0.712.